The lowest BCUT2D eigenvalue weighted by atomic mass is 10.0. The highest BCUT2D eigenvalue weighted by molar-refractivity contribution is 5.45. The van der Waals surface area contributed by atoms with Crippen LogP contribution in [0.1, 0.15) is 37.1 Å². The predicted octanol–water partition coefficient (Wildman–Crippen LogP) is 3.97. The molecule has 1 aliphatic rings. The summed E-state index contributed by atoms with van der Waals surface area (Å²) >= 11 is 0. The zero-order valence-electron chi connectivity index (χ0n) is 12.1. The average Bonchev–Trinajstić information content (AvgIpc) is 2.95. The van der Waals surface area contributed by atoms with E-state index in [-0.39, 0.29) is 24.7 Å². The molecule has 0 radical (unpaired) electrons. The molecule has 0 saturated carbocycles. The summed E-state index contributed by atoms with van der Waals surface area (Å²) < 4.78 is 23.7. The van der Waals surface area contributed by atoms with Gasteiger partial charge in [0.25, 0.3) is 0 Å². The third kappa shape index (κ3) is 3.00. The number of benzene rings is 2. The lowest BCUT2D eigenvalue weighted by Gasteiger charge is -2.21. The Morgan fingerprint density at radius 1 is 0.905 bits per heavy atom. The zero-order valence-corrected chi connectivity index (χ0v) is 12.1. The molecule has 0 spiro atoms. The minimum atomic E-state index is -0.213. The van der Waals surface area contributed by atoms with Crippen LogP contribution in [0.2, 0.25) is 0 Å². The number of hydrogen-bond donors (Lipinski definition) is 1. The van der Waals surface area contributed by atoms with E-state index in [0.717, 1.165) is 22.6 Å². The van der Waals surface area contributed by atoms with Gasteiger partial charge in [-0.3, -0.25) is 0 Å². The van der Waals surface area contributed by atoms with Gasteiger partial charge in [0.05, 0.1) is 0 Å². The maximum atomic E-state index is 13.0. The van der Waals surface area contributed by atoms with Crippen molar-refractivity contribution < 1.29 is 13.9 Å². The first kappa shape index (κ1) is 13.9. The predicted molar refractivity (Wildman–Crippen MR) is 78.9 cm³/mol. The maximum absolute atomic E-state index is 13.0. The number of rotatable bonds is 4. The Labute approximate surface area is 123 Å². The van der Waals surface area contributed by atoms with Crippen molar-refractivity contribution in [2.45, 2.75) is 25.9 Å². The molecule has 1 heterocycles. The fourth-order valence-electron chi connectivity index (χ4n) is 2.50. The highest BCUT2D eigenvalue weighted by Crippen LogP contribution is 2.34. The van der Waals surface area contributed by atoms with E-state index in [1.807, 2.05) is 18.2 Å². The number of fused-ring (bicyclic) bond motifs is 1. The SMILES string of the molecule is CC(N[C@@H](C)c1ccc(F)cc1)c1ccc2c(c1)OCO2. The van der Waals surface area contributed by atoms with Gasteiger partial charge in [-0.25, -0.2) is 4.39 Å². The summed E-state index contributed by atoms with van der Waals surface area (Å²) in [6, 6.07) is 12.8. The first-order valence-corrected chi connectivity index (χ1v) is 7.04. The molecular weight excluding hydrogens is 269 g/mol. The Morgan fingerprint density at radius 3 is 2.29 bits per heavy atom. The largest absolute Gasteiger partial charge is 0.454 e. The van der Waals surface area contributed by atoms with Crippen molar-refractivity contribution in [1.29, 1.82) is 0 Å². The molecule has 110 valence electrons. The number of nitrogens with one attached hydrogen (secondary N) is 1. The standard InChI is InChI=1S/C17H18FNO2/c1-11(13-3-6-15(18)7-4-13)19-12(2)14-5-8-16-17(9-14)21-10-20-16/h3-9,11-12,19H,10H2,1-2H3/t11-,12?/m0/s1. The first-order chi connectivity index (χ1) is 10.1. The Balaban J connectivity index is 1.70. The summed E-state index contributed by atoms with van der Waals surface area (Å²) in [5.41, 5.74) is 2.19. The molecule has 2 aromatic carbocycles. The summed E-state index contributed by atoms with van der Waals surface area (Å²) in [6.45, 7) is 4.45. The van der Waals surface area contributed by atoms with Gasteiger partial charge < -0.3 is 14.8 Å². The highest BCUT2D eigenvalue weighted by Gasteiger charge is 2.17. The Hall–Kier alpha value is -2.07. The van der Waals surface area contributed by atoms with Crippen molar-refractivity contribution >= 4 is 0 Å². The maximum Gasteiger partial charge on any atom is 0.231 e. The van der Waals surface area contributed by atoms with Gasteiger partial charge in [-0.2, -0.15) is 0 Å². The van der Waals surface area contributed by atoms with Crippen molar-refractivity contribution in [2.24, 2.45) is 0 Å². The van der Waals surface area contributed by atoms with E-state index in [4.69, 9.17) is 9.47 Å². The lowest BCUT2D eigenvalue weighted by Crippen LogP contribution is -2.22. The number of halogens is 1. The smallest absolute Gasteiger partial charge is 0.231 e. The molecule has 2 aromatic rings. The van der Waals surface area contributed by atoms with Crippen LogP contribution in [0.3, 0.4) is 0 Å². The van der Waals surface area contributed by atoms with E-state index < -0.39 is 0 Å². The zero-order chi connectivity index (χ0) is 14.8. The van der Waals surface area contributed by atoms with E-state index in [9.17, 15) is 4.39 Å². The van der Waals surface area contributed by atoms with E-state index >= 15 is 0 Å². The molecule has 1 unspecified atom stereocenters. The Bertz CT molecular complexity index is 627. The molecule has 0 aromatic heterocycles. The van der Waals surface area contributed by atoms with Gasteiger partial charge in [0, 0.05) is 12.1 Å². The van der Waals surface area contributed by atoms with Gasteiger partial charge in [-0.05, 0) is 49.2 Å². The normalized spacial score (nSPS) is 15.8. The van der Waals surface area contributed by atoms with Gasteiger partial charge in [-0.1, -0.05) is 18.2 Å². The molecule has 0 amide bonds. The van der Waals surface area contributed by atoms with E-state index in [1.165, 1.54) is 12.1 Å². The van der Waals surface area contributed by atoms with Crippen LogP contribution in [0.4, 0.5) is 4.39 Å². The monoisotopic (exact) mass is 287 g/mol. The molecule has 3 rings (SSSR count). The quantitative estimate of drug-likeness (QED) is 0.923. The molecule has 2 atom stereocenters. The highest BCUT2D eigenvalue weighted by atomic mass is 19.1. The molecule has 1 N–H and O–H groups in total. The van der Waals surface area contributed by atoms with Crippen molar-refractivity contribution in [1.82, 2.24) is 5.32 Å². The second kappa shape index (κ2) is 5.74. The second-order valence-electron chi connectivity index (χ2n) is 5.27. The molecule has 0 fully saturated rings. The van der Waals surface area contributed by atoms with Crippen molar-refractivity contribution in [3.05, 3.63) is 59.4 Å². The molecule has 0 saturated heterocycles. The Morgan fingerprint density at radius 2 is 1.52 bits per heavy atom. The van der Waals surface area contributed by atoms with E-state index in [2.05, 4.69) is 19.2 Å². The van der Waals surface area contributed by atoms with Crippen molar-refractivity contribution in [2.75, 3.05) is 6.79 Å². The van der Waals surface area contributed by atoms with Crippen molar-refractivity contribution in [3.63, 3.8) is 0 Å². The summed E-state index contributed by atoms with van der Waals surface area (Å²) in [6.07, 6.45) is 0. The van der Waals surface area contributed by atoms with Crippen LogP contribution in [0.5, 0.6) is 11.5 Å². The van der Waals surface area contributed by atoms with Crippen LogP contribution in [-0.4, -0.2) is 6.79 Å². The van der Waals surface area contributed by atoms with Crippen LogP contribution < -0.4 is 14.8 Å². The van der Waals surface area contributed by atoms with Gasteiger partial charge >= 0.3 is 0 Å². The Kier molecular flexibility index (Phi) is 3.80. The third-order valence-corrected chi connectivity index (χ3v) is 3.77. The molecule has 0 bridgehead atoms. The molecular formula is C17H18FNO2. The molecule has 1 aliphatic heterocycles. The van der Waals surface area contributed by atoms with Crippen LogP contribution >= 0.6 is 0 Å². The summed E-state index contributed by atoms with van der Waals surface area (Å²) in [5.74, 6) is 1.36. The van der Waals surface area contributed by atoms with Gasteiger partial charge in [0.1, 0.15) is 5.82 Å². The lowest BCUT2D eigenvalue weighted by molar-refractivity contribution is 0.174. The number of ether oxygens (including phenoxy) is 2. The molecule has 3 nitrogen and oxygen atoms in total. The van der Waals surface area contributed by atoms with Crippen LogP contribution in [0, 0.1) is 5.82 Å². The minimum Gasteiger partial charge on any atom is -0.454 e. The third-order valence-electron chi connectivity index (χ3n) is 3.77. The van der Waals surface area contributed by atoms with Gasteiger partial charge in [0.15, 0.2) is 11.5 Å². The summed E-state index contributed by atoms with van der Waals surface area (Å²) in [4.78, 5) is 0. The fraction of sp³-hybridized carbons (Fsp3) is 0.294. The summed E-state index contributed by atoms with van der Waals surface area (Å²) in [7, 11) is 0. The minimum absolute atomic E-state index is 0.131. The van der Waals surface area contributed by atoms with Crippen LogP contribution in [0.25, 0.3) is 0 Å². The average molecular weight is 287 g/mol. The second-order valence-corrected chi connectivity index (χ2v) is 5.27. The molecule has 0 aliphatic carbocycles. The van der Waals surface area contributed by atoms with Gasteiger partial charge in [0.2, 0.25) is 6.79 Å². The first-order valence-electron chi connectivity index (χ1n) is 7.04. The van der Waals surface area contributed by atoms with Gasteiger partial charge in [-0.15, -0.1) is 0 Å². The van der Waals surface area contributed by atoms with Crippen LogP contribution in [0.15, 0.2) is 42.5 Å². The number of hydrogen-bond acceptors (Lipinski definition) is 3. The van der Waals surface area contributed by atoms with E-state index in [0.29, 0.717) is 0 Å². The topological polar surface area (TPSA) is 30.5 Å². The van der Waals surface area contributed by atoms with Crippen LogP contribution in [-0.2, 0) is 0 Å². The summed E-state index contributed by atoms with van der Waals surface area (Å²) in [5, 5.41) is 3.50. The molecule has 21 heavy (non-hydrogen) atoms. The fourth-order valence-corrected chi connectivity index (χ4v) is 2.50. The molecule has 4 heteroatoms. The van der Waals surface area contributed by atoms with E-state index in [1.54, 1.807) is 12.1 Å². The van der Waals surface area contributed by atoms with Crippen molar-refractivity contribution in [3.8, 4) is 11.5 Å².